The van der Waals surface area contributed by atoms with E-state index in [0.717, 1.165) is 16.5 Å². The molecule has 0 spiro atoms. The van der Waals surface area contributed by atoms with Crippen LogP contribution >= 0.6 is 0 Å². The average molecular weight is 424 g/mol. The first-order valence-electron chi connectivity index (χ1n) is 10.1. The van der Waals surface area contributed by atoms with Gasteiger partial charge in [0.05, 0.1) is 17.1 Å². The summed E-state index contributed by atoms with van der Waals surface area (Å²) in [5.41, 5.74) is 0.838. The number of fused-ring (bicyclic) bond motifs is 1. The fourth-order valence-corrected chi connectivity index (χ4v) is 5.45. The van der Waals surface area contributed by atoms with Gasteiger partial charge in [-0.1, -0.05) is 36.4 Å². The number of rotatable bonds is 5. The highest BCUT2D eigenvalue weighted by Gasteiger charge is 2.33. The van der Waals surface area contributed by atoms with E-state index in [4.69, 9.17) is 0 Å². The van der Waals surface area contributed by atoms with Crippen molar-refractivity contribution in [3.05, 3.63) is 72.6 Å². The van der Waals surface area contributed by atoms with Gasteiger partial charge in [0.1, 0.15) is 0 Å². The molecular weight excluding hydrogens is 398 g/mol. The highest BCUT2D eigenvalue weighted by atomic mass is 32.2. The molecule has 156 valence electrons. The van der Waals surface area contributed by atoms with E-state index in [2.05, 4.69) is 4.98 Å². The molecule has 2 heterocycles. The third kappa shape index (κ3) is 4.22. The van der Waals surface area contributed by atoms with E-state index in [-0.39, 0.29) is 11.8 Å². The summed E-state index contributed by atoms with van der Waals surface area (Å²) in [6.45, 7) is 1.15. The topological polar surface area (TPSA) is 70.6 Å². The number of piperidine rings is 1. The second kappa shape index (κ2) is 8.53. The number of hydrogen-bond acceptors (Lipinski definition) is 4. The molecule has 0 unspecified atom stereocenters. The molecule has 7 heteroatoms. The molecule has 0 saturated carbocycles. The summed E-state index contributed by atoms with van der Waals surface area (Å²) in [6.07, 6.45) is 2.76. The summed E-state index contributed by atoms with van der Waals surface area (Å²) in [5.74, 6) is -0.120. The lowest BCUT2D eigenvalue weighted by atomic mass is 9.96. The van der Waals surface area contributed by atoms with Crippen LogP contribution in [0.25, 0.3) is 10.8 Å². The molecular formula is C23H25N3O3S. The van der Waals surface area contributed by atoms with E-state index < -0.39 is 10.0 Å². The van der Waals surface area contributed by atoms with Gasteiger partial charge in [-0.15, -0.1) is 0 Å². The fraction of sp³-hybridized carbons (Fsp3) is 0.304. The Kier molecular flexibility index (Phi) is 5.83. The van der Waals surface area contributed by atoms with Gasteiger partial charge in [0.15, 0.2) is 0 Å². The second-order valence-electron chi connectivity index (χ2n) is 7.70. The molecule has 1 aromatic heterocycles. The third-order valence-electron chi connectivity index (χ3n) is 5.66. The molecule has 6 nitrogen and oxygen atoms in total. The minimum absolute atomic E-state index is 0.0448. The van der Waals surface area contributed by atoms with E-state index in [1.807, 2.05) is 48.5 Å². The molecule has 1 aliphatic heterocycles. The van der Waals surface area contributed by atoms with Crippen LogP contribution in [0.2, 0.25) is 0 Å². The van der Waals surface area contributed by atoms with Crippen molar-refractivity contribution in [1.29, 1.82) is 0 Å². The van der Waals surface area contributed by atoms with Crippen molar-refractivity contribution in [3.8, 4) is 0 Å². The first-order chi connectivity index (χ1) is 14.4. The zero-order valence-corrected chi connectivity index (χ0v) is 17.8. The minimum atomic E-state index is -3.57. The predicted molar refractivity (Wildman–Crippen MR) is 116 cm³/mol. The average Bonchev–Trinajstić information content (AvgIpc) is 2.79. The number of carbonyl (C=O) groups excluding carboxylic acids is 1. The molecule has 0 N–H and O–H groups in total. The van der Waals surface area contributed by atoms with Gasteiger partial charge in [0.25, 0.3) is 0 Å². The number of sulfonamides is 1. The molecule has 30 heavy (non-hydrogen) atoms. The van der Waals surface area contributed by atoms with Crippen LogP contribution in [0, 0.1) is 5.92 Å². The van der Waals surface area contributed by atoms with Crippen molar-refractivity contribution >= 4 is 26.7 Å². The summed E-state index contributed by atoms with van der Waals surface area (Å²) < 4.78 is 27.7. The van der Waals surface area contributed by atoms with Crippen LogP contribution in [0.4, 0.5) is 0 Å². The smallest absolute Gasteiger partial charge is 0.243 e. The van der Waals surface area contributed by atoms with Crippen molar-refractivity contribution in [2.75, 3.05) is 20.1 Å². The number of aromatic nitrogens is 1. The Labute approximate surface area is 177 Å². The van der Waals surface area contributed by atoms with Crippen LogP contribution in [-0.2, 0) is 21.4 Å². The molecule has 1 saturated heterocycles. The Balaban J connectivity index is 1.41. The van der Waals surface area contributed by atoms with Gasteiger partial charge in [-0.25, -0.2) is 8.42 Å². The summed E-state index contributed by atoms with van der Waals surface area (Å²) in [7, 11) is -1.80. The van der Waals surface area contributed by atoms with E-state index in [1.165, 1.54) is 4.31 Å². The first kappa shape index (κ1) is 20.5. The lowest BCUT2D eigenvalue weighted by Crippen LogP contribution is -2.43. The maximum Gasteiger partial charge on any atom is 0.243 e. The number of amides is 1. The van der Waals surface area contributed by atoms with E-state index in [0.29, 0.717) is 37.4 Å². The molecule has 0 atom stereocenters. The normalized spacial score (nSPS) is 15.9. The quantitative estimate of drug-likeness (QED) is 0.631. The Morgan fingerprint density at radius 3 is 2.43 bits per heavy atom. The molecule has 0 radical (unpaired) electrons. The van der Waals surface area contributed by atoms with Crippen LogP contribution in [0.15, 0.2) is 71.8 Å². The van der Waals surface area contributed by atoms with E-state index in [1.54, 1.807) is 30.3 Å². The molecule has 4 rings (SSSR count). The van der Waals surface area contributed by atoms with Gasteiger partial charge in [-0.2, -0.15) is 4.31 Å². The summed E-state index contributed by atoms with van der Waals surface area (Å²) in [6, 6.07) is 18.6. The first-order valence-corrected chi connectivity index (χ1v) is 11.5. The molecule has 3 aromatic rings. The fourth-order valence-electron chi connectivity index (χ4n) is 3.94. The molecule has 1 fully saturated rings. The largest absolute Gasteiger partial charge is 0.340 e. The molecule has 1 aliphatic rings. The number of nitrogens with zero attached hydrogens (tertiary/aromatic N) is 3. The van der Waals surface area contributed by atoms with Gasteiger partial charge in [-0.05, 0) is 47.9 Å². The Hall–Kier alpha value is -2.77. The maximum absolute atomic E-state index is 13.1. The van der Waals surface area contributed by atoms with Crippen molar-refractivity contribution in [2.24, 2.45) is 5.92 Å². The van der Waals surface area contributed by atoms with Crippen molar-refractivity contribution in [1.82, 2.24) is 14.2 Å². The standard InChI is InChI=1S/C23H25N3O3S/c1-25(17-21-8-4-5-13-24-21)23(27)19-11-14-26(15-12-19)30(28,29)22-10-9-18-6-2-3-7-20(18)16-22/h2-10,13,16,19H,11-12,14-15,17H2,1H3. The van der Waals surface area contributed by atoms with Crippen LogP contribution < -0.4 is 0 Å². The highest BCUT2D eigenvalue weighted by Crippen LogP contribution is 2.27. The number of benzene rings is 2. The Morgan fingerprint density at radius 1 is 1.03 bits per heavy atom. The molecule has 2 aromatic carbocycles. The third-order valence-corrected chi connectivity index (χ3v) is 7.56. The summed E-state index contributed by atoms with van der Waals surface area (Å²) in [4.78, 5) is 19.1. The van der Waals surface area contributed by atoms with Crippen LogP contribution in [0.5, 0.6) is 0 Å². The van der Waals surface area contributed by atoms with Gasteiger partial charge in [0.2, 0.25) is 15.9 Å². The van der Waals surface area contributed by atoms with Crippen molar-refractivity contribution < 1.29 is 13.2 Å². The zero-order chi connectivity index (χ0) is 21.1. The van der Waals surface area contributed by atoms with Crippen LogP contribution in [-0.4, -0.2) is 48.7 Å². The van der Waals surface area contributed by atoms with Crippen molar-refractivity contribution in [2.45, 2.75) is 24.3 Å². The van der Waals surface area contributed by atoms with Gasteiger partial charge < -0.3 is 4.90 Å². The summed E-state index contributed by atoms with van der Waals surface area (Å²) >= 11 is 0. The molecule has 1 amide bonds. The van der Waals surface area contributed by atoms with E-state index in [9.17, 15) is 13.2 Å². The SMILES string of the molecule is CN(Cc1ccccn1)C(=O)C1CCN(S(=O)(=O)c2ccc3ccccc3c2)CC1. The van der Waals surface area contributed by atoms with Crippen LogP contribution in [0.3, 0.4) is 0 Å². The van der Waals surface area contributed by atoms with E-state index >= 15 is 0 Å². The Morgan fingerprint density at radius 2 is 1.73 bits per heavy atom. The van der Waals surface area contributed by atoms with Crippen LogP contribution in [0.1, 0.15) is 18.5 Å². The zero-order valence-electron chi connectivity index (χ0n) is 16.9. The highest BCUT2D eigenvalue weighted by molar-refractivity contribution is 7.89. The summed E-state index contributed by atoms with van der Waals surface area (Å²) in [5, 5.41) is 1.91. The van der Waals surface area contributed by atoms with Gasteiger partial charge in [-0.3, -0.25) is 9.78 Å². The second-order valence-corrected chi connectivity index (χ2v) is 9.64. The Bertz CT molecular complexity index is 1140. The number of carbonyl (C=O) groups is 1. The lowest BCUT2D eigenvalue weighted by molar-refractivity contribution is -0.136. The monoisotopic (exact) mass is 423 g/mol. The lowest BCUT2D eigenvalue weighted by Gasteiger charge is -2.32. The van der Waals surface area contributed by atoms with Crippen molar-refractivity contribution in [3.63, 3.8) is 0 Å². The predicted octanol–water partition coefficient (Wildman–Crippen LogP) is 3.29. The molecule has 0 aliphatic carbocycles. The van der Waals surface area contributed by atoms with Gasteiger partial charge in [0, 0.05) is 32.3 Å². The maximum atomic E-state index is 13.1. The molecule has 0 bridgehead atoms. The number of hydrogen-bond donors (Lipinski definition) is 0. The van der Waals surface area contributed by atoms with Gasteiger partial charge >= 0.3 is 0 Å². The number of pyridine rings is 1. The minimum Gasteiger partial charge on any atom is -0.340 e.